The maximum absolute atomic E-state index is 10.5. The molecule has 0 spiro atoms. The fourth-order valence-electron chi connectivity index (χ4n) is 5.96. The van der Waals surface area contributed by atoms with E-state index in [0.717, 1.165) is 32.1 Å². The second-order valence-electron chi connectivity index (χ2n) is 8.29. The summed E-state index contributed by atoms with van der Waals surface area (Å²) in [4.78, 5) is 0. The van der Waals surface area contributed by atoms with Crippen LogP contribution in [0, 0.1) is 17.3 Å². The third kappa shape index (κ3) is 2.20. The Kier molecular flexibility index (Phi) is 3.75. The summed E-state index contributed by atoms with van der Waals surface area (Å²) >= 11 is 0. The van der Waals surface area contributed by atoms with Crippen LogP contribution in [-0.4, -0.2) is 31.2 Å². The van der Waals surface area contributed by atoms with Crippen molar-refractivity contribution in [3.05, 3.63) is 22.8 Å². The summed E-state index contributed by atoms with van der Waals surface area (Å²) in [5.74, 6) is 0.934. The third-order valence-corrected chi connectivity index (χ3v) is 7.52. The zero-order chi connectivity index (χ0) is 16.2. The molecule has 0 aromatic heterocycles. The first-order chi connectivity index (χ1) is 11.0. The summed E-state index contributed by atoms with van der Waals surface area (Å²) in [6.07, 6.45) is 10.9. The molecule has 1 N–H and O–H groups in total. The Balaban J connectivity index is 1.66. The van der Waals surface area contributed by atoms with Crippen LogP contribution in [0.5, 0.6) is 0 Å². The van der Waals surface area contributed by atoms with Gasteiger partial charge in [0.15, 0.2) is 5.79 Å². The molecule has 4 aliphatic rings. The van der Waals surface area contributed by atoms with Gasteiger partial charge in [-0.15, -0.1) is 0 Å². The van der Waals surface area contributed by atoms with E-state index in [1.807, 2.05) is 0 Å². The molecule has 1 saturated carbocycles. The van der Waals surface area contributed by atoms with E-state index in [2.05, 4.69) is 13.0 Å². The van der Waals surface area contributed by atoms with Gasteiger partial charge < -0.3 is 14.6 Å². The molecule has 0 saturated heterocycles. The summed E-state index contributed by atoms with van der Waals surface area (Å²) in [5, 5.41) is 10.5. The molecule has 23 heavy (non-hydrogen) atoms. The maximum atomic E-state index is 10.5. The van der Waals surface area contributed by atoms with Gasteiger partial charge in [-0.05, 0) is 61.5 Å². The van der Waals surface area contributed by atoms with Crippen LogP contribution >= 0.6 is 0 Å². The summed E-state index contributed by atoms with van der Waals surface area (Å²) in [7, 11) is 3.54. The molecule has 0 aromatic carbocycles. The van der Waals surface area contributed by atoms with Crippen LogP contribution in [-0.2, 0) is 9.47 Å². The molecule has 4 rings (SSSR count). The highest BCUT2D eigenvalue weighted by Gasteiger charge is 2.53. The molecule has 0 radical (unpaired) electrons. The Labute approximate surface area is 139 Å². The first-order valence-corrected chi connectivity index (χ1v) is 9.23. The number of aliphatic hydroxyl groups excluding tert-OH is 1. The van der Waals surface area contributed by atoms with Gasteiger partial charge in [-0.2, -0.15) is 0 Å². The number of fused-ring (bicyclic) bond motifs is 4. The van der Waals surface area contributed by atoms with Crippen LogP contribution in [0.2, 0.25) is 0 Å². The second-order valence-corrected chi connectivity index (χ2v) is 8.29. The molecule has 0 aromatic rings. The van der Waals surface area contributed by atoms with Gasteiger partial charge in [-0.3, -0.25) is 0 Å². The number of hydrogen-bond acceptors (Lipinski definition) is 3. The van der Waals surface area contributed by atoms with Crippen molar-refractivity contribution in [2.45, 2.75) is 70.2 Å². The van der Waals surface area contributed by atoms with Crippen LogP contribution in [0.4, 0.5) is 0 Å². The van der Waals surface area contributed by atoms with Gasteiger partial charge in [-0.25, -0.2) is 0 Å². The highest BCUT2D eigenvalue weighted by Crippen LogP contribution is 2.59. The molecule has 0 aliphatic heterocycles. The molecule has 0 amide bonds. The summed E-state index contributed by atoms with van der Waals surface area (Å²) in [5.41, 5.74) is 4.90. The van der Waals surface area contributed by atoms with E-state index in [-0.39, 0.29) is 11.5 Å². The topological polar surface area (TPSA) is 38.7 Å². The first kappa shape index (κ1) is 15.9. The van der Waals surface area contributed by atoms with Crippen molar-refractivity contribution >= 4 is 0 Å². The molecule has 128 valence electrons. The second kappa shape index (κ2) is 5.44. The van der Waals surface area contributed by atoms with E-state index in [0.29, 0.717) is 11.8 Å². The molecule has 1 fully saturated rings. The number of aliphatic hydroxyl groups is 1. The van der Waals surface area contributed by atoms with Gasteiger partial charge in [0, 0.05) is 32.5 Å². The van der Waals surface area contributed by atoms with Gasteiger partial charge in [0.2, 0.25) is 0 Å². The van der Waals surface area contributed by atoms with Gasteiger partial charge in [-0.1, -0.05) is 18.6 Å². The number of rotatable bonds is 2. The van der Waals surface area contributed by atoms with Gasteiger partial charge >= 0.3 is 0 Å². The lowest BCUT2D eigenvalue weighted by molar-refractivity contribution is -0.212. The predicted octanol–water partition coefficient (Wildman–Crippen LogP) is 3.97. The number of methoxy groups -OCH3 is 2. The van der Waals surface area contributed by atoms with Crippen LogP contribution < -0.4 is 0 Å². The largest absolute Gasteiger partial charge is 0.393 e. The molecule has 0 heterocycles. The molecule has 3 nitrogen and oxygen atoms in total. The van der Waals surface area contributed by atoms with Crippen molar-refractivity contribution in [1.82, 2.24) is 0 Å². The van der Waals surface area contributed by atoms with E-state index < -0.39 is 5.79 Å². The van der Waals surface area contributed by atoms with Crippen LogP contribution in [0.3, 0.4) is 0 Å². The standard InChI is InChI=1S/C20H30O3/c1-19-10-8-15-14-9-11-20(22-2,23-3)12-13(14)4-5-16(15)17(19)6-7-18(19)21/h8,16-18,21H,4-7,9-12H2,1-3H3/t16-,17+,18+,19+/m1/s1. The van der Waals surface area contributed by atoms with E-state index in [9.17, 15) is 5.11 Å². The van der Waals surface area contributed by atoms with Crippen molar-refractivity contribution in [1.29, 1.82) is 0 Å². The number of hydrogen-bond donors (Lipinski definition) is 1. The molecular weight excluding hydrogens is 288 g/mol. The third-order valence-electron chi connectivity index (χ3n) is 7.52. The van der Waals surface area contributed by atoms with Crippen LogP contribution in [0.25, 0.3) is 0 Å². The van der Waals surface area contributed by atoms with Gasteiger partial charge in [0.25, 0.3) is 0 Å². The predicted molar refractivity (Wildman–Crippen MR) is 89.9 cm³/mol. The van der Waals surface area contributed by atoms with Crippen molar-refractivity contribution in [2.24, 2.45) is 17.3 Å². The minimum absolute atomic E-state index is 0.110. The minimum Gasteiger partial charge on any atom is -0.393 e. The normalized spacial score (nSPS) is 41.9. The van der Waals surface area contributed by atoms with Crippen LogP contribution in [0.1, 0.15) is 58.3 Å². The lowest BCUT2D eigenvalue weighted by atomic mass is 9.58. The Morgan fingerprint density at radius 1 is 1.13 bits per heavy atom. The number of ether oxygens (including phenoxy) is 2. The number of allylic oxidation sites excluding steroid dienone is 3. The minimum atomic E-state index is -0.404. The molecule has 0 unspecified atom stereocenters. The Hall–Kier alpha value is -0.640. The monoisotopic (exact) mass is 318 g/mol. The zero-order valence-electron chi connectivity index (χ0n) is 14.7. The Morgan fingerprint density at radius 2 is 1.91 bits per heavy atom. The van der Waals surface area contributed by atoms with E-state index >= 15 is 0 Å². The fourth-order valence-corrected chi connectivity index (χ4v) is 5.96. The average Bonchev–Trinajstić information content (AvgIpc) is 2.89. The lowest BCUT2D eigenvalue weighted by Gasteiger charge is -2.48. The molecule has 3 heteroatoms. The lowest BCUT2D eigenvalue weighted by Crippen LogP contribution is -2.42. The highest BCUT2D eigenvalue weighted by molar-refractivity contribution is 5.44. The average molecular weight is 318 g/mol. The van der Waals surface area contributed by atoms with Crippen molar-refractivity contribution in [3.63, 3.8) is 0 Å². The van der Waals surface area contributed by atoms with E-state index in [4.69, 9.17) is 9.47 Å². The summed E-state index contributed by atoms with van der Waals surface area (Å²) < 4.78 is 11.4. The van der Waals surface area contributed by atoms with E-state index in [1.165, 1.54) is 19.3 Å². The highest BCUT2D eigenvalue weighted by atomic mass is 16.7. The fraction of sp³-hybridized carbons (Fsp3) is 0.800. The summed E-state index contributed by atoms with van der Waals surface area (Å²) in [6, 6.07) is 0. The molecule has 4 atom stereocenters. The SMILES string of the molecule is COC1(OC)CCC2=C(CC[C@@H]3C2=CC[C@]2(C)[C@@H](O)CC[C@@H]32)C1. The molecule has 0 bridgehead atoms. The molecular formula is C20H30O3. The Bertz CT molecular complexity index is 557. The van der Waals surface area contributed by atoms with Gasteiger partial charge in [0.05, 0.1) is 6.10 Å². The smallest absolute Gasteiger partial charge is 0.171 e. The Morgan fingerprint density at radius 3 is 2.65 bits per heavy atom. The van der Waals surface area contributed by atoms with Crippen molar-refractivity contribution in [2.75, 3.05) is 14.2 Å². The van der Waals surface area contributed by atoms with Crippen molar-refractivity contribution in [3.8, 4) is 0 Å². The maximum Gasteiger partial charge on any atom is 0.171 e. The first-order valence-electron chi connectivity index (χ1n) is 9.23. The van der Waals surface area contributed by atoms with Crippen molar-refractivity contribution < 1.29 is 14.6 Å². The van der Waals surface area contributed by atoms with E-state index in [1.54, 1.807) is 30.9 Å². The molecule has 4 aliphatic carbocycles. The summed E-state index contributed by atoms with van der Waals surface area (Å²) in [6.45, 7) is 2.31. The zero-order valence-corrected chi connectivity index (χ0v) is 14.7. The quantitative estimate of drug-likeness (QED) is 0.783. The van der Waals surface area contributed by atoms with Crippen LogP contribution in [0.15, 0.2) is 22.8 Å². The van der Waals surface area contributed by atoms with Gasteiger partial charge in [0.1, 0.15) is 0 Å².